The standard InChI is InChI=1S/C15H21NO/c1-11-6-2-3-7-12(11)10-15(17)13-8-4-5-9-14(13)16/h2-3,6-7,13-14H,4-5,8-10,16H2,1H3. The first-order chi connectivity index (χ1) is 8.18. The molecule has 0 bridgehead atoms. The van der Waals surface area contributed by atoms with Crippen LogP contribution in [-0.2, 0) is 11.2 Å². The number of ketones is 1. The van der Waals surface area contributed by atoms with Gasteiger partial charge < -0.3 is 5.73 Å². The van der Waals surface area contributed by atoms with E-state index in [1.54, 1.807) is 0 Å². The molecule has 1 fully saturated rings. The van der Waals surface area contributed by atoms with E-state index in [4.69, 9.17) is 5.73 Å². The van der Waals surface area contributed by atoms with E-state index in [2.05, 4.69) is 13.0 Å². The van der Waals surface area contributed by atoms with E-state index in [1.807, 2.05) is 18.2 Å². The zero-order chi connectivity index (χ0) is 12.3. The van der Waals surface area contributed by atoms with E-state index >= 15 is 0 Å². The van der Waals surface area contributed by atoms with Crippen molar-refractivity contribution >= 4 is 5.78 Å². The van der Waals surface area contributed by atoms with Gasteiger partial charge >= 0.3 is 0 Å². The lowest BCUT2D eigenvalue weighted by molar-refractivity contribution is -0.123. The Morgan fingerprint density at radius 2 is 2.00 bits per heavy atom. The monoisotopic (exact) mass is 231 g/mol. The highest BCUT2D eigenvalue weighted by molar-refractivity contribution is 5.84. The Morgan fingerprint density at radius 1 is 1.29 bits per heavy atom. The summed E-state index contributed by atoms with van der Waals surface area (Å²) in [6.07, 6.45) is 4.86. The fourth-order valence-electron chi connectivity index (χ4n) is 2.69. The van der Waals surface area contributed by atoms with Gasteiger partial charge in [0.15, 0.2) is 0 Å². The Bertz CT molecular complexity index is 400. The molecule has 1 aromatic carbocycles. The molecular formula is C15H21NO. The highest BCUT2D eigenvalue weighted by Gasteiger charge is 2.27. The Kier molecular flexibility index (Phi) is 3.95. The van der Waals surface area contributed by atoms with Crippen LogP contribution in [-0.4, -0.2) is 11.8 Å². The number of carbonyl (C=O) groups excluding carboxylic acids is 1. The van der Waals surface area contributed by atoms with E-state index in [0.29, 0.717) is 12.2 Å². The third-order valence-electron chi connectivity index (χ3n) is 3.86. The molecule has 2 unspecified atom stereocenters. The summed E-state index contributed by atoms with van der Waals surface area (Å²) in [6, 6.07) is 8.19. The lowest BCUT2D eigenvalue weighted by atomic mass is 9.80. The number of nitrogens with two attached hydrogens (primary N) is 1. The minimum absolute atomic E-state index is 0.0836. The molecular weight excluding hydrogens is 210 g/mol. The first-order valence-corrected chi connectivity index (χ1v) is 6.51. The van der Waals surface area contributed by atoms with Gasteiger partial charge in [0.05, 0.1) is 0 Å². The average molecular weight is 231 g/mol. The van der Waals surface area contributed by atoms with Crippen LogP contribution in [0.5, 0.6) is 0 Å². The van der Waals surface area contributed by atoms with Gasteiger partial charge in [0.2, 0.25) is 0 Å². The Labute approximate surface area is 103 Å². The number of carbonyl (C=O) groups is 1. The van der Waals surface area contributed by atoms with E-state index in [9.17, 15) is 4.79 Å². The van der Waals surface area contributed by atoms with Crippen LogP contribution in [0.3, 0.4) is 0 Å². The summed E-state index contributed by atoms with van der Waals surface area (Å²) in [5.74, 6) is 0.412. The van der Waals surface area contributed by atoms with Crippen molar-refractivity contribution in [1.29, 1.82) is 0 Å². The molecule has 0 radical (unpaired) electrons. The molecule has 2 nitrogen and oxygen atoms in total. The SMILES string of the molecule is Cc1ccccc1CC(=O)C1CCCCC1N. The van der Waals surface area contributed by atoms with Crippen molar-refractivity contribution in [2.75, 3.05) is 0 Å². The second-order valence-electron chi connectivity index (χ2n) is 5.12. The molecule has 0 amide bonds. The molecule has 2 rings (SSSR count). The fraction of sp³-hybridized carbons (Fsp3) is 0.533. The molecule has 0 spiro atoms. The van der Waals surface area contributed by atoms with Gasteiger partial charge in [0, 0.05) is 18.4 Å². The Hall–Kier alpha value is -1.15. The molecule has 92 valence electrons. The van der Waals surface area contributed by atoms with Crippen molar-refractivity contribution in [3.63, 3.8) is 0 Å². The van der Waals surface area contributed by atoms with E-state index in [1.165, 1.54) is 12.0 Å². The molecule has 17 heavy (non-hydrogen) atoms. The summed E-state index contributed by atoms with van der Waals surface area (Å²) in [4.78, 5) is 12.3. The van der Waals surface area contributed by atoms with Crippen LogP contribution in [0, 0.1) is 12.8 Å². The molecule has 0 aromatic heterocycles. The van der Waals surface area contributed by atoms with Crippen molar-refractivity contribution < 1.29 is 4.79 Å². The molecule has 1 aromatic rings. The third-order valence-corrected chi connectivity index (χ3v) is 3.86. The van der Waals surface area contributed by atoms with Crippen LogP contribution in [0.25, 0.3) is 0 Å². The zero-order valence-corrected chi connectivity index (χ0v) is 10.5. The molecule has 1 aliphatic rings. The largest absolute Gasteiger partial charge is 0.327 e. The predicted octanol–water partition coefficient (Wildman–Crippen LogP) is 2.62. The quantitative estimate of drug-likeness (QED) is 0.869. The van der Waals surface area contributed by atoms with Gasteiger partial charge in [-0.05, 0) is 30.9 Å². The van der Waals surface area contributed by atoms with Crippen LogP contribution in [0.2, 0.25) is 0 Å². The number of Topliss-reactive ketones (excluding diaryl/α,β-unsaturated/α-hetero) is 1. The van der Waals surface area contributed by atoms with E-state index in [-0.39, 0.29) is 12.0 Å². The molecule has 0 saturated heterocycles. The molecule has 0 heterocycles. The molecule has 1 aliphatic carbocycles. The van der Waals surface area contributed by atoms with Crippen LogP contribution in [0.15, 0.2) is 24.3 Å². The highest BCUT2D eigenvalue weighted by Crippen LogP contribution is 2.25. The summed E-state index contributed by atoms with van der Waals surface area (Å²) in [5, 5.41) is 0. The number of hydrogen-bond donors (Lipinski definition) is 1. The zero-order valence-electron chi connectivity index (χ0n) is 10.5. The van der Waals surface area contributed by atoms with Gasteiger partial charge in [-0.3, -0.25) is 4.79 Å². The molecule has 2 atom stereocenters. The first-order valence-electron chi connectivity index (χ1n) is 6.51. The van der Waals surface area contributed by atoms with Crippen LogP contribution in [0.4, 0.5) is 0 Å². The molecule has 0 aliphatic heterocycles. The number of benzene rings is 1. The first kappa shape index (κ1) is 12.3. The van der Waals surface area contributed by atoms with Gasteiger partial charge in [-0.1, -0.05) is 37.1 Å². The molecule has 2 N–H and O–H groups in total. The van der Waals surface area contributed by atoms with Crippen molar-refractivity contribution in [2.45, 2.75) is 45.1 Å². The Morgan fingerprint density at radius 3 is 2.71 bits per heavy atom. The minimum atomic E-state index is 0.0836. The maximum Gasteiger partial charge on any atom is 0.141 e. The lowest BCUT2D eigenvalue weighted by Crippen LogP contribution is -2.38. The topological polar surface area (TPSA) is 43.1 Å². The van der Waals surface area contributed by atoms with Crippen molar-refractivity contribution in [3.05, 3.63) is 35.4 Å². The second-order valence-corrected chi connectivity index (χ2v) is 5.12. The molecule has 1 saturated carbocycles. The number of hydrogen-bond acceptors (Lipinski definition) is 2. The minimum Gasteiger partial charge on any atom is -0.327 e. The van der Waals surface area contributed by atoms with Gasteiger partial charge in [0.25, 0.3) is 0 Å². The van der Waals surface area contributed by atoms with Gasteiger partial charge in [-0.15, -0.1) is 0 Å². The fourth-order valence-corrected chi connectivity index (χ4v) is 2.69. The maximum absolute atomic E-state index is 12.3. The van der Waals surface area contributed by atoms with E-state index in [0.717, 1.165) is 24.8 Å². The van der Waals surface area contributed by atoms with Crippen LogP contribution >= 0.6 is 0 Å². The number of aryl methyl sites for hydroxylation is 1. The number of rotatable bonds is 3. The van der Waals surface area contributed by atoms with Crippen molar-refractivity contribution in [3.8, 4) is 0 Å². The Balaban J connectivity index is 2.03. The lowest BCUT2D eigenvalue weighted by Gasteiger charge is -2.27. The average Bonchev–Trinajstić information content (AvgIpc) is 2.32. The smallest absolute Gasteiger partial charge is 0.141 e. The maximum atomic E-state index is 12.3. The summed E-state index contributed by atoms with van der Waals surface area (Å²) >= 11 is 0. The van der Waals surface area contributed by atoms with Gasteiger partial charge in [0.1, 0.15) is 5.78 Å². The van der Waals surface area contributed by atoms with Crippen molar-refractivity contribution in [1.82, 2.24) is 0 Å². The van der Waals surface area contributed by atoms with Crippen LogP contribution < -0.4 is 5.73 Å². The second kappa shape index (κ2) is 5.46. The van der Waals surface area contributed by atoms with Crippen molar-refractivity contribution in [2.24, 2.45) is 11.7 Å². The summed E-state index contributed by atoms with van der Waals surface area (Å²) in [6.45, 7) is 2.06. The molecule has 2 heteroatoms. The third kappa shape index (κ3) is 2.95. The summed E-state index contributed by atoms with van der Waals surface area (Å²) < 4.78 is 0. The van der Waals surface area contributed by atoms with Crippen LogP contribution in [0.1, 0.15) is 36.8 Å². The summed E-state index contributed by atoms with van der Waals surface area (Å²) in [5.41, 5.74) is 8.40. The summed E-state index contributed by atoms with van der Waals surface area (Å²) in [7, 11) is 0. The van der Waals surface area contributed by atoms with Gasteiger partial charge in [-0.25, -0.2) is 0 Å². The van der Waals surface area contributed by atoms with Gasteiger partial charge in [-0.2, -0.15) is 0 Å². The predicted molar refractivity (Wildman–Crippen MR) is 69.8 cm³/mol. The normalized spacial score (nSPS) is 24.6. The highest BCUT2D eigenvalue weighted by atomic mass is 16.1. The van der Waals surface area contributed by atoms with E-state index < -0.39 is 0 Å².